The van der Waals surface area contributed by atoms with Crippen LogP contribution in [0.2, 0.25) is 0 Å². The highest BCUT2D eigenvalue weighted by molar-refractivity contribution is 7.85. The molecule has 0 aromatic carbocycles. The van der Waals surface area contributed by atoms with E-state index in [1.165, 1.54) is 13.8 Å². The van der Waals surface area contributed by atoms with Crippen LogP contribution in [0.25, 0.3) is 0 Å². The fourth-order valence-electron chi connectivity index (χ4n) is 2.34. The van der Waals surface area contributed by atoms with Crippen LogP contribution >= 0.6 is 0 Å². The van der Waals surface area contributed by atoms with Crippen molar-refractivity contribution in [1.82, 2.24) is 0 Å². The van der Waals surface area contributed by atoms with E-state index < -0.39 is 59.0 Å². The van der Waals surface area contributed by atoms with Gasteiger partial charge in [-0.1, -0.05) is 45.8 Å². The molecule has 9 nitrogen and oxygen atoms in total. The lowest BCUT2D eigenvalue weighted by molar-refractivity contribution is -0.170. The van der Waals surface area contributed by atoms with Crippen molar-refractivity contribution in [1.29, 1.82) is 0 Å². The Morgan fingerprint density at radius 2 is 1.39 bits per heavy atom. The highest BCUT2D eigenvalue weighted by Gasteiger charge is 2.43. The zero-order chi connectivity index (χ0) is 23.4. The Morgan fingerprint density at radius 1 is 0.903 bits per heavy atom. The lowest BCUT2D eigenvalue weighted by Gasteiger charge is -2.30. The molecule has 0 fully saturated rings. The average Bonchev–Trinajstić information content (AvgIpc) is 2.64. The number of hydrogen-bond donors (Lipinski definition) is 1. The van der Waals surface area contributed by atoms with E-state index in [0.29, 0.717) is 6.42 Å². The minimum atomic E-state index is -4.33. The van der Waals surface area contributed by atoms with Gasteiger partial charge in [-0.2, -0.15) is 8.42 Å². The van der Waals surface area contributed by atoms with Crippen LogP contribution in [-0.2, 0) is 38.7 Å². The van der Waals surface area contributed by atoms with Gasteiger partial charge >= 0.3 is 41.0 Å². The summed E-state index contributed by atoms with van der Waals surface area (Å²) in [7, 11) is -4.33. The smallest absolute Gasteiger partial charge is 0.333 e. The third-order valence-electron chi connectivity index (χ3n) is 4.17. The van der Waals surface area contributed by atoms with Gasteiger partial charge in [0, 0.05) is 11.1 Å². The van der Waals surface area contributed by atoms with Gasteiger partial charge in [0.15, 0.2) is 0 Å². The second-order valence-electron chi connectivity index (χ2n) is 7.23. The normalized spacial score (nSPS) is 11.1. The number of carbonyl (C=O) groups excluding carboxylic acids is 3. The predicted molar refractivity (Wildman–Crippen MR) is 119 cm³/mol. The SMILES string of the molecule is C=C(C)C(=O)OCC(CCCCCC)(COC(=O)C(=C)C)C(=O)OCCS(=O)(=O)O.[MgH2]. The lowest BCUT2D eigenvalue weighted by atomic mass is 9.83. The number of esters is 3. The summed E-state index contributed by atoms with van der Waals surface area (Å²) in [5.74, 6) is -3.15. The van der Waals surface area contributed by atoms with Crippen molar-refractivity contribution in [2.45, 2.75) is 52.9 Å². The van der Waals surface area contributed by atoms with Crippen LogP contribution in [0.15, 0.2) is 24.3 Å². The average molecular weight is 475 g/mol. The van der Waals surface area contributed by atoms with Crippen molar-refractivity contribution in [3.8, 4) is 0 Å². The molecule has 0 spiro atoms. The number of unbranched alkanes of at least 4 members (excludes halogenated alkanes) is 3. The van der Waals surface area contributed by atoms with Crippen molar-refractivity contribution in [2.75, 3.05) is 25.6 Å². The van der Waals surface area contributed by atoms with Gasteiger partial charge < -0.3 is 14.2 Å². The molecule has 176 valence electrons. The molecule has 31 heavy (non-hydrogen) atoms. The number of carbonyl (C=O) groups is 3. The Balaban J connectivity index is 0. The van der Waals surface area contributed by atoms with E-state index in [-0.39, 0.29) is 40.6 Å². The molecule has 0 aliphatic rings. The molecule has 1 N–H and O–H groups in total. The standard InChI is InChI=1S/C20H32O9S.Mg.2H/c1-6-7-8-9-10-20(13-28-17(21)15(2)3,14-29-18(22)16(4)5)19(23)27-11-12-30(24,25)26;;;/h2,4,6-14H2,1,3,5H3,(H,24,25,26);;;. The van der Waals surface area contributed by atoms with Crippen LogP contribution in [0.1, 0.15) is 52.9 Å². The molecule has 0 aromatic rings. The lowest BCUT2D eigenvalue weighted by Crippen LogP contribution is -2.43. The van der Waals surface area contributed by atoms with Crippen molar-refractivity contribution >= 4 is 51.1 Å². The third kappa shape index (κ3) is 13.6. The van der Waals surface area contributed by atoms with Gasteiger partial charge in [0.1, 0.15) is 31.0 Å². The summed E-state index contributed by atoms with van der Waals surface area (Å²) in [6.07, 6.45) is 3.35. The first kappa shape index (κ1) is 31.8. The van der Waals surface area contributed by atoms with Crippen LogP contribution in [0.5, 0.6) is 0 Å². The fraction of sp³-hybridized carbons (Fsp3) is 0.650. The molecule has 0 radical (unpaired) electrons. The minimum Gasteiger partial charge on any atom is -0.464 e. The Bertz CT molecular complexity index is 714. The van der Waals surface area contributed by atoms with Gasteiger partial charge in [-0.25, -0.2) is 9.59 Å². The number of hydrogen-bond acceptors (Lipinski definition) is 8. The molecular formula is C20H34MgO9S. The van der Waals surface area contributed by atoms with E-state index in [1.54, 1.807) is 0 Å². The molecular weight excluding hydrogens is 441 g/mol. The van der Waals surface area contributed by atoms with E-state index in [9.17, 15) is 22.8 Å². The van der Waals surface area contributed by atoms with Gasteiger partial charge in [0.2, 0.25) is 0 Å². The first-order chi connectivity index (χ1) is 13.8. The first-order valence-corrected chi connectivity index (χ1v) is 11.2. The van der Waals surface area contributed by atoms with Gasteiger partial charge in [0.05, 0.1) is 0 Å². The first-order valence-electron chi connectivity index (χ1n) is 9.62. The maximum absolute atomic E-state index is 12.9. The van der Waals surface area contributed by atoms with Gasteiger partial charge in [-0.3, -0.25) is 9.35 Å². The monoisotopic (exact) mass is 474 g/mol. The molecule has 0 heterocycles. The molecule has 0 aliphatic heterocycles. The molecule has 0 saturated carbocycles. The maximum atomic E-state index is 12.9. The third-order valence-corrected chi connectivity index (χ3v) is 4.85. The zero-order valence-corrected chi connectivity index (χ0v) is 18.7. The van der Waals surface area contributed by atoms with Crippen LogP contribution in [0, 0.1) is 5.41 Å². The second-order valence-corrected chi connectivity index (χ2v) is 8.80. The van der Waals surface area contributed by atoms with Gasteiger partial charge in [-0.05, 0) is 20.3 Å². The van der Waals surface area contributed by atoms with E-state index in [4.69, 9.17) is 18.8 Å². The fourth-order valence-corrected chi connectivity index (χ4v) is 2.64. The van der Waals surface area contributed by atoms with E-state index >= 15 is 0 Å². The molecule has 0 saturated heterocycles. The predicted octanol–water partition coefficient (Wildman–Crippen LogP) is 1.70. The molecule has 11 heteroatoms. The van der Waals surface area contributed by atoms with Gasteiger partial charge in [0.25, 0.3) is 10.1 Å². The summed E-state index contributed by atoms with van der Waals surface area (Å²) in [6.45, 7) is 10.4. The van der Waals surface area contributed by atoms with Crippen LogP contribution in [0.3, 0.4) is 0 Å². The van der Waals surface area contributed by atoms with Crippen LogP contribution in [0.4, 0.5) is 0 Å². The molecule has 0 unspecified atom stereocenters. The largest absolute Gasteiger partial charge is 0.464 e. The van der Waals surface area contributed by atoms with Crippen LogP contribution in [-0.4, -0.2) is 79.5 Å². The van der Waals surface area contributed by atoms with E-state index in [0.717, 1.165) is 19.3 Å². The molecule has 0 rings (SSSR count). The minimum absolute atomic E-state index is 0. The number of rotatable bonds is 15. The highest BCUT2D eigenvalue weighted by Crippen LogP contribution is 2.29. The van der Waals surface area contributed by atoms with E-state index in [1.807, 2.05) is 6.92 Å². The molecule has 0 atom stereocenters. The summed E-state index contributed by atoms with van der Waals surface area (Å²) in [6, 6.07) is 0. The van der Waals surface area contributed by atoms with Crippen molar-refractivity contribution in [3.05, 3.63) is 24.3 Å². The van der Waals surface area contributed by atoms with Gasteiger partial charge in [-0.15, -0.1) is 0 Å². The Kier molecular flexibility index (Phi) is 15.8. The van der Waals surface area contributed by atoms with Crippen molar-refractivity contribution in [3.63, 3.8) is 0 Å². The summed E-state index contributed by atoms with van der Waals surface area (Å²) < 4.78 is 46.0. The Labute approximate surface area is 200 Å². The Morgan fingerprint density at radius 3 is 1.77 bits per heavy atom. The summed E-state index contributed by atoms with van der Waals surface area (Å²) in [5, 5.41) is 0. The summed E-state index contributed by atoms with van der Waals surface area (Å²) >= 11 is 0. The van der Waals surface area contributed by atoms with Crippen molar-refractivity contribution in [2.24, 2.45) is 5.41 Å². The van der Waals surface area contributed by atoms with Crippen LogP contribution < -0.4 is 0 Å². The second kappa shape index (κ2) is 15.4. The molecule has 0 bridgehead atoms. The highest BCUT2D eigenvalue weighted by atomic mass is 32.2. The quantitative estimate of drug-likeness (QED) is 0.0939. The summed E-state index contributed by atoms with van der Waals surface area (Å²) in [4.78, 5) is 36.6. The zero-order valence-electron chi connectivity index (χ0n) is 17.9. The Hall–Kier alpha value is -1.43. The van der Waals surface area contributed by atoms with E-state index in [2.05, 4.69) is 13.2 Å². The topological polar surface area (TPSA) is 133 Å². The number of ether oxygens (including phenoxy) is 3. The van der Waals surface area contributed by atoms with Crippen molar-refractivity contribution < 1.29 is 41.6 Å². The molecule has 0 amide bonds. The maximum Gasteiger partial charge on any atom is 0.333 e. The molecule has 0 aliphatic carbocycles. The summed E-state index contributed by atoms with van der Waals surface area (Å²) in [5.41, 5.74) is -1.30. The molecule has 0 aromatic heterocycles.